The third-order valence-corrected chi connectivity index (χ3v) is 5.55. The van der Waals surface area contributed by atoms with Crippen molar-refractivity contribution >= 4 is 39.5 Å². The maximum atomic E-state index is 11.0. The molecule has 3 N–H and O–H groups in total. The number of hydrogen-bond acceptors (Lipinski definition) is 5. The van der Waals surface area contributed by atoms with Crippen LogP contribution in [0.5, 0.6) is 5.88 Å². The summed E-state index contributed by atoms with van der Waals surface area (Å²) in [4.78, 5) is 2.41. The predicted octanol–water partition coefficient (Wildman–Crippen LogP) is 3.45. The summed E-state index contributed by atoms with van der Waals surface area (Å²) in [6, 6.07) is 4.19. The number of allylic oxidation sites excluding steroid dienone is 1. The number of benzene rings is 1. The smallest absolute Gasteiger partial charge is 0.221 e. The van der Waals surface area contributed by atoms with Crippen LogP contribution in [0.15, 0.2) is 28.4 Å². The molecule has 3 heterocycles. The second kappa shape index (κ2) is 6.95. The van der Waals surface area contributed by atoms with Gasteiger partial charge in [-0.15, -0.1) is 10.2 Å². The van der Waals surface area contributed by atoms with E-state index in [9.17, 15) is 5.11 Å². The monoisotopic (exact) mass is 399 g/mol. The van der Waals surface area contributed by atoms with Gasteiger partial charge in [-0.2, -0.15) is 0 Å². The number of aromatic nitrogens is 1. The highest BCUT2D eigenvalue weighted by atomic mass is 32.1. The number of ether oxygens (including phenoxy) is 1. The fourth-order valence-corrected chi connectivity index (χ4v) is 4.30. The summed E-state index contributed by atoms with van der Waals surface area (Å²) in [6.07, 6.45) is 2.23. The van der Waals surface area contributed by atoms with Crippen molar-refractivity contribution in [1.82, 2.24) is 9.47 Å². The van der Waals surface area contributed by atoms with Gasteiger partial charge in [0, 0.05) is 30.6 Å². The molecule has 0 unspecified atom stereocenters. The predicted molar refractivity (Wildman–Crippen MR) is 114 cm³/mol. The number of thiocarbonyl (C=S) groups is 1. The molecule has 8 heteroatoms. The molecule has 4 rings (SSSR count). The Bertz CT molecular complexity index is 1020. The topological polar surface area (TPSA) is 88.4 Å². The maximum absolute atomic E-state index is 11.0. The molecular weight excluding hydrogens is 374 g/mol. The van der Waals surface area contributed by atoms with Gasteiger partial charge in [0.05, 0.1) is 24.3 Å². The van der Waals surface area contributed by atoms with Crippen LogP contribution in [0.25, 0.3) is 16.5 Å². The van der Waals surface area contributed by atoms with Gasteiger partial charge < -0.3 is 20.1 Å². The molecule has 2 aliphatic rings. The molecule has 1 aromatic heterocycles. The summed E-state index contributed by atoms with van der Waals surface area (Å²) in [6.45, 7) is 10.4. The Balaban J connectivity index is 1.91. The zero-order chi connectivity index (χ0) is 20.1. The maximum Gasteiger partial charge on any atom is 0.221 e. The van der Waals surface area contributed by atoms with Crippen LogP contribution in [0.4, 0.5) is 5.69 Å². The average molecular weight is 400 g/mol. The largest absolute Gasteiger partial charge is 0.493 e. The van der Waals surface area contributed by atoms with Gasteiger partial charge in [-0.1, -0.05) is 18.2 Å². The van der Waals surface area contributed by atoms with Gasteiger partial charge in [-0.25, -0.2) is 0 Å². The van der Waals surface area contributed by atoms with E-state index in [2.05, 4.69) is 47.2 Å². The second-order valence-corrected chi connectivity index (χ2v) is 8.33. The Kier molecular flexibility index (Phi) is 4.73. The van der Waals surface area contributed by atoms with Gasteiger partial charge >= 0.3 is 0 Å². The number of hydrogen-bond donors (Lipinski definition) is 2. The molecule has 28 heavy (non-hydrogen) atoms. The van der Waals surface area contributed by atoms with Crippen molar-refractivity contribution in [2.24, 2.45) is 16.0 Å². The van der Waals surface area contributed by atoms with Crippen molar-refractivity contribution in [3.05, 3.63) is 29.3 Å². The van der Waals surface area contributed by atoms with Crippen LogP contribution in [0, 0.1) is 6.92 Å². The zero-order valence-electron chi connectivity index (χ0n) is 16.4. The molecule has 148 valence electrons. The van der Waals surface area contributed by atoms with Gasteiger partial charge in [0.15, 0.2) is 5.69 Å². The molecule has 0 aliphatic carbocycles. The lowest BCUT2D eigenvalue weighted by Gasteiger charge is -2.34. The third-order valence-electron chi connectivity index (χ3n) is 5.47. The first-order valence-corrected chi connectivity index (χ1v) is 9.81. The van der Waals surface area contributed by atoms with E-state index in [1.807, 2.05) is 11.5 Å². The van der Waals surface area contributed by atoms with E-state index >= 15 is 0 Å². The highest BCUT2D eigenvalue weighted by Gasteiger charge is 2.34. The summed E-state index contributed by atoms with van der Waals surface area (Å²) >= 11 is 4.82. The Morgan fingerprint density at radius 1 is 1.32 bits per heavy atom. The molecule has 2 aromatic rings. The van der Waals surface area contributed by atoms with Crippen LogP contribution in [0.2, 0.25) is 0 Å². The number of nitrogens with zero attached hydrogens (tertiary/aromatic N) is 4. The van der Waals surface area contributed by atoms with E-state index in [0.717, 1.165) is 54.9 Å². The minimum Gasteiger partial charge on any atom is -0.493 e. The molecule has 2 aliphatic heterocycles. The number of aryl methyl sites for hydroxylation is 1. The molecule has 1 saturated heterocycles. The number of morpholine rings is 1. The Hall–Kier alpha value is -2.29. The van der Waals surface area contributed by atoms with Crippen molar-refractivity contribution in [2.75, 3.05) is 32.8 Å². The molecule has 0 saturated carbocycles. The summed E-state index contributed by atoms with van der Waals surface area (Å²) in [5.41, 5.74) is 9.85. The first kappa shape index (κ1) is 19.0. The lowest BCUT2D eigenvalue weighted by molar-refractivity contribution is 0.0443. The Morgan fingerprint density at radius 2 is 2.04 bits per heavy atom. The number of nitrogens with two attached hydrogens (primary N) is 1. The van der Waals surface area contributed by atoms with Crippen LogP contribution >= 0.6 is 12.2 Å². The van der Waals surface area contributed by atoms with E-state index < -0.39 is 5.54 Å². The van der Waals surface area contributed by atoms with Gasteiger partial charge in [0.1, 0.15) is 0 Å². The van der Waals surface area contributed by atoms with Crippen molar-refractivity contribution in [3.63, 3.8) is 0 Å². The lowest BCUT2D eigenvalue weighted by atomic mass is 9.89. The minimum absolute atomic E-state index is 0.0608. The SMILES string of the molecule is Cc1ccc2c3c1c(N=NC(N)=S)c(O)n3C(C)(C)C=C2CN1CCOCC1. The molecule has 7 nitrogen and oxygen atoms in total. The summed E-state index contributed by atoms with van der Waals surface area (Å²) in [7, 11) is 0. The molecule has 1 aromatic carbocycles. The van der Waals surface area contributed by atoms with Gasteiger partial charge in [0.2, 0.25) is 11.0 Å². The van der Waals surface area contributed by atoms with Crippen LogP contribution in [0.3, 0.4) is 0 Å². The number of rotatable bonds is 3. The van der Waals surface area contributed by atoms with Crippen LogP contribution in [-0.4, -0.2) is 52.5 Å². The van der Waals surface area contributed by atoms with E-state index in [0.29, 0.717) is 5.69 Å². The Labute approximate surface area is 169 Å². The van der Waals surface area contributed by atoms with Crippen molar-refractivity contribution in [2.45, 2.75) is 26.3 Å². The van der Waals surface area contributed by atoms with E-state index in [-0.39, 0.29) is 11.0 Å². The van der Waals surface area contributed by atoms with Gasteiger partial charge in [-0.3, -0.25) is 4.90 Å². The van der Waals surface area contributed by atoms with Crippen molar-refractivity contribution in [1.29, 1.82) is 0 Å². The molecule has 0 spiro atoms. The molecule has 0 bridgehead atoms. The third kappa shape index (κ3) is 3.11. The highest BCUT2D eigenvalue weighted by Crippen LogP contribution is 2.49. The minimum atomic E-state index is -0.415. The van der Waals surface area contributed by atoms with Gasteiger partial charge in [0.25, 0.3) is 0 Å². The van der Waals surface area contributed by atoms with E-state index in [4.69, 9.17) is 22.7 Å². The summed E-state index contributed by atoms with van der Waals surface area (Å²) in [5, 5.41) is 19.8. The summed E-state index contributed by atoms with van der Waals surface area (Å²) < 4.78 is 7.41. The molecule has 0 atom stereocenters. The average Bonchev–Trinajstić information content (AvgIpc) is 2.94. The number of aromatic hydroxyl groups is 1. The molecule has 0 amide bonds. The standard InChI is InChI=1S/C20H25N5O2S/c1-12-4-5-14-13(11-24-6-8-27-9-7-24)10-20(2,3)25-17(14)15(12)16(18(25)26)22-23-19(21)28/h4-5,10,26H,6-9,11H2,1-3H3,(H2,21,28). The number of azo groups is 1. The fraction of sp³-hybridized carbons (Fsp3) is 0.450. The normalized spacial score (nSPS) is 19.3. The van der Waals surface area contributed by atoms with E-state index in [1.54, 1.807) is 0 Å². The molecule has 0 radical (unpaired) electrons. The van der Waals surface area contributed by atoms with Gasteiger partial charge in [-0.05, 0) is 44.1 Å². The second-order valence-electron chi connectivity index (χ2n) is 7.91. The lowest BCUT2D eigenvalue weighted by Crippen LogP contribution is -2.38. The highest BCUT2D eigenvalue weighted by molar-refractivity contribution is 7.80. The molecule has 1 fully saturated rings. The quantitative estimate of drug-likeness (QED) is 0.610. The summed E-state index contributed by atoms with van der Waals surface area (Å²) in [5.74, 6) is 0.0808. The van der Waals surface area contributed by atoms with Crippen molar-refractivity contribution in [3.8, 4) is 5.88 Å². The van der Waals surface area contributed by atoms with Crippen LogP contribution in [-0.2, 0) is 10.3 Å². The molecular formula is C20H25N5O2S. The van der Waals surface area contributed by atoms with E-state index in [1.165, 1.54) is 5.57 Å². The van der Waals surface area contributed by atoms with Crippen LogP contribution < -0.4 is 5.73 Å². The first-order valence-electron chi connectivity index (χ1n) is 9.40. The fourth-order valence-electron chi connectivity index (χ4n) is 4.26. The Morgan fingerprint density at radius 3 is 2.71 bits per heavy atom. The zero-order valence-corrected chi connectivity index (χ0v) is 17.2. The van der Waals surface area contributed by atoms with Crippen LogP contribution in [0.1, 0.15) is 25.0 Å². The first-order chi connectivity index (χ1) is 13.3. The van der Waals surface area contributed by atoms with Crippen molar-refractivity contribution < 1.29 is 9.84 Å².